The maximum Gasteiger partial charge on any atom is 0.437 e. The molecular formula is C23H20FN3O3S. The molecule has 31 heavy (non-hydrogen) atoms. The van der Waals surface area contributed by atoms with E-state index in [1.165, 1.54) is 24.3 Å². The summed E-state index contributed by atoms with van der Waals surface area (Å²) < 4.78 is 19.3. The molecule has 2 aromatic heterocycles. The van der Waals surface area contributed by atoms with Gasteiger partial charge in [-0.15, -0.1) is 16.4 Å². The summed E-state index contributed by atoms with van der Waals surface area (Å²) in [7, 11) is 0. The van der Waals surface area contributed by atoms with Gasteiger partial charge in [0.15, 0.2) is 0 Å². The molecule has 0 saturated heterocycles. The SMILES string of the molecule is O=C(Cn1nc(-c2ccc(F)cc2)oc1=O)N(CCc1ccccc1)Cc1cccs1. The van der Waals surface area contributed by atoms with Crippen LogP contribution in [0.5, 0.6) is 0 Å². The Balaban J connectivity index is 1.50. The van der Waals surface area contributed by atoms with Gasteiger partial charge in [-0.05, 0) is 47.7 Å². The highest BCUT2D eigenvalue weighted by molar-refractivity contribution is 7.09. The Morgan fingerprint density at radius 3 is 2.55 bits per heavy atom. The molecule has 158 valence electrons. The number of benzene rings is 2. The molecular weight excluding hydrogens is 417 g/mol. The van der Waals surface area contributed by atoms with Crippen molar-refractivity contribution in [1.82, 2.24) is 14.7 Å². The van der Waals surface area contributed by atoms with Crippen LogP contribution in [0.25, 0.3) is 11.5 Å². The van der Waals surface area contributed by atoms with Gasteiger partial charge in [0.1, 0.15) is 12.4 Å². The molecule has 0 aliphatic carbocycles. The van der Waals surface area contributed by atoms with E-state index in [2.05, 4.69) is 5.10 Å². The second-order valence-corrected chi connectivity index (χ2v) is 8.00. The normalized spacial score (nSPS) is 10.9. The molecule has 1 amide bonds. The Morgan fingerprint density at radius 2 is 1.84 bits per heavy atom. The van der Waals surface area contributed by atoms with Crippen LogP contribution in [0.2, 0.25) is 0 Å². The minimum atomic E-state index is -0.730. The molecule has 0 fully saturated rings. The van der Waals surface area contributed by atoms with Gasteiger partial charge in [0.05, 0.1) is 6.54 Å². The van der Waals surface area contributed by atoms with Crippen LogP contribution in [-0.2, 0) is 24.3 Å². The van der Waals surface area contributed by atoms with Crippen LogP contribution in [0.15, 0.2) is 81.3 Å². The highest BCUT2D eigenvalue weighted by Gasteiger charge is 2.19. The van der Waals surface area contributed by atoms with E-state index in [-0.39, 0.29) is 18.3 Å². The molecule has 0 bridgehead atoms. The van der Waals surface area contributed by atoms with Crippen LogP contribution >= 0.6 is 11.3 Å². The minimum absolute atomic E-state index is 0.0480. The van der Waals surface area contributed by atoms with E-state index in [4.69, 9.17) is 4.42 Å². The molecule has 4 rings (SSSR count). The smallest absolute Gasteiger partial charge is 0.388 e. The number of thiophene rings is 1. The Kier molecular flexibility index (Phi) is 6.37. The average Bonchev–Trinajstić information content (AvgIpc) is 3.42. The molecule has 0 unspecified atom stereocenters. The van der Waals surface area contributed by atoms with Crippen molar-refractivity contribution in [2.75, 3.05) is 6.54 Å². The molecule has 6 nitrogen and oxygen atoms in total. The molecule has 2 heterocycles. The lowest BCUT2D eigenvalue weighted by Crippen LogP contribution is -2.37. The number of hydrogen-bond donors (Lipinski definition) is 0. The van der Waals surface area contributed by atoms with Crippen LogP contribution in [0.1, 0.15) is 10.4 Å². The predicted molar refractivity (Wildman–Crippen MR) is 116 cm³/mol. The Bertz CT molecular complexity index is 1190. The van der Waals surface area contributed by atoms with Crippen LogP contribution in [0.3, 0.4) is 0 Å². The van der Waals surface area contributed by atoms with Gasteiger partial charge >= 0.3 is 5.76 Å². The molecule has 0 N–H and O–H groups in total. The fraction of sp³-hybridized carbons (Fsp3) is 0.174. The summed E-state index contributed by atoms with van der Waals surface area (Å²) in [6, 6.07) is 19.3. The Hall–Kier alpha value is -3.52. The Morgan fingerprint density at radius 1 is 1.06 bits per heavy atom. The van der Waals surface area contributed by atoms with Crippen molar-refractivity contribution < 1.29 is 13.6 Å². The molecule has 0 radical (unpaired) electrons. The summed E-state index contributed by atoms with van der Waals surface area (Å²) in [5.41, 5.74) is 1.59. The van der Waals surface area contributed by atoms with Gasteiger partial charge in [-0.3, -0.25) is 4.79 Å². The average molecular weight is 437 g/mol. The maximum atomic E-state index is 13.1. The van der Waals surface area contributed by atoms with Crippen LogP contribution in [0, 0.1) is 5.82 Å². The minimum Gasteiger partial charge on any atom is -0.388 e. The molecule has 0 spiro atoms. The molecule has 2 aromatic carbocycles. The quantitative estimate of drug-likeness (QED) is 0.418. The topological polar surface area (TPSA) is 68.3 Å². The van der Waals surface area contributed by atoms with Gasteiger partial charge in [0.25, 0.3) is 0 Å². The molecule has 0 atom stereocenters. The van der Waals surface area contributed by atoms with Crippen LogP contribution in [0.4, 0.5) is 4.39 Å². The largest absolute Gasteiger partial charge is 0.437 e. The molecule has 0 aliphatic heterocycles. The number of amides is 1. The predicted octanol–water partition coefficient (Wildman–Crippen LogP) is 3.98. The number of nitrogens with zero attached hydrogens (tertiary/aromatic N) is 3. The highest BCUT2D eigenvalue weighted by atomic mass is 32.1. The number of carbonyl (C=O) groups is 1. The molecule has 4 aromatic rings. The van der Waals surface area contributed by atoms with Gasteiger partial charge in [-0.1, -0.05) is 36.4 Å². The standard InChI is InChI=1S/C23H20FN3O3S/c24-19-10-8-18(9-11-19)22-25-27(23(29)30-22)16-21(28)26(15-20-7-4-14-31-20)13-12-17-5-2-1-3-6-17/h1-11,14H,12-13,15-16H2. The number of hydrogen-bond acceptors (Lipinski definition) is 5. The fourth-order valence-corrected chi connectivity index (χ4v) is 3.85. The summed E-state index contributed by atoms with van der Waals surface area (Å²) in [6.07, 6.45) is 0.701. The molecule has 0 aliphatic rings. The second-order valence-electron chi connectivity index (χ2n) is 6.97. The lowest BCUT2D eigenvalue weighted by atomic mass is 10.1. The van der Waals surface area contributed by atoms with Gasteiger partial charge in [0, 0.05) is 17.0 Å². The first kappa shape index (κ1) is 20.7. The zero-order chi connectivity index (χ0) is 21.6. The van der Waals surface area contributed by atoms with Gasteiger partial charge in [-0.2, -0.15) is 4.68 Å². The summed E-state index contributed by atoms with van der Waals surface area (Å²) in [5, 5.41) is 6.08. The third-order valence-corrected chi connectivity index (χ3v) is 5.64. The monoisotopic (exact) mass is 437 g/mol. The van der Waals surface area contributed by atoms with Crippen molar-refractivity contribution in [1.29, 1.82) is 0 Å². The van der Waals surface area contributed by atoms with Crippen molar-refractivity contribution in [3.8, 4) is 11.5 Å². The summed E-state index contributed by atoms with van der Waals surface area (Å²) in [5.74, 6) is -1.31. The van der Waals surface area contributed by atoms with E-state index in [1.54, 1.807) is 16.2 Å². The molecule has 0 saturated carbocycles. The van der Waals surface area contributed by atoms with Gasteiger partial charge < -0.3 is 9.32 Å². The third-order valence-electron chi connectivity index (χ3n) is 4.78. The fourth-order valence-electron chi connectivity index (χ4n) is 3.13. The van der Waals surface area contributed by atoms with Gasteiger partial charge in [-0.25, -0.2) is 9.18 Å². The maximum absolute atomic E-state index is 13.1. The number of carbonyl (C=O) groups excluding carboxylic acids is 1. The first-order chi connectivity index (χ1) is 15.1. The van der Waals surface area contributed by atoms with Crippen LogP contribution in [-0.4, -0.2) is 27.1 Å². The van der Waals surface area contributed by atoms with Gasteiger partial charge in [0.2, 0.25) is 11.8 Å². The lowest BCUT2D eigenvalue weighted by Gasteiger charge is -2.22. The van der Waals surface area contributed by atoms with Crippen LogP contribution < -0.4 is 5.76 Å². The van der Waals surface area contributed by atoms with E-state index in [0.29, 0.717) is 25.1 Å². The van der Waals surface area contributed by atoms with Crippen molar-refractivity contribution in [2.24, 2.45) is 0 Å². The number of aromatic nitrogens is 2. The third kappa shape index (κ3) is 5.35. The highest BCUT2D eigenvalue weighted by Crippen LogP contribution is 2.16. The van der Waals surface area contributed by atoms with E-state index in [0.717, 1.165) is 15.1 Å². The first-order valence-electron chi connectivity index (χ1n) is 9.76. The molecule has 8 heteroatoms. The second kappa shape index (κ2) is 9.53. The number of halogens is 1. The first-order valence-corrected chi connectivity index (χ1v) is 10.6. The zero-order valence-electron chi connectivity index (χ0n) is 16.6. The zero-order valence-corrected chi connectivity index (χ0v) is 17.4. The van der Waals surface area contributed by atoms with Crippen molar-refractivity contribution in [2.45, 2.75) is 19.5 Å². The van der Waals surface area contributed by atoms with E-state index in [1.807, 2.05) is 47.8 Å². The summed E-state index contributed by atoms with van der Waals surface area (Å²) in [6.45, 7) is 0.739. The van der Waals surface area contributed by atoms with E-state index in [9.17, 15) is 14.0 Å². The summed E-state index contributed by atoms with van der Waals surface area (Å²) in [4.78, 5) is 28.0. The van der Waals surface area contributed by atoms with Crippen molar-refractivity contribution >= 4 is 17.2 Å². The van der Waals surface area contributed by atoms with E-state index >= 15 is 0 Å². The summed E-state index contributed by atoms with van der Waals surface area (Å²) >= 11 is 1.58. The Labute approximate surface area is 182 Å². The van der Waals surface area contributed by atoms with Crippen molar-refractivity contribution in [3.05, 3.63) is 98.9 Å². The number of rotatable bonds is 8. The van der Waals surface area contributed by atoms with Crippen molar-refractivity contribution in [3.63, 3.8) is 0 Å². The van der Waals surface area contributed by atoms with E-state index < -0.39 is 11.6 Å². The lowest BCUT2D eigenvalue weighted by molar-refractivity contribution is -0.132.